The molecule has 0 saturated carbocycles. The zero-order valence-corrected chi connectivity index (χ0v) is 14.5. The Morgan fingerprint density at radius 1 is 1.12 bits per heavy atom. The molecule has 0 aromatic heterocycles. The molecular formula is C18H17ClNO5-. The van der Waals surface area contributed by atoms with E-state index in [1.54, 1.807) is 42.5 Å². The first-order chi connectivity index (χ1) is 12.0. The van der Waals surface area contributed by atoms with Crippen LogP contribution in [0.25, 0.3) is 0 Å². The van der Waals surface area contributed by atoms with Gasteiger partial charge in [-0.2, -0.15) is 0 Å². The third kappa shape index (κ3) is 4.64. The molecule has 7 heteroatoms. The highest BCUT2D eigenvalue weighted by Gasteiger charge is 2.19. The van der Waals surface area contributed by atoms with Crippen molar-refractivity contribution in [2.45, 2.75) is 12.5 Å². The number of ether oxygens (including phenoxy) is 2. The largest absolute Gasteiger partial charge is 0.550 e. The molecule has 0 heterocycles. The normalized spacial score (nSPS) is 11.5. The van der Waals surface area contributed by atoms with Crippen molar-refractivity contribution in [2.24, 2.45) is 0 Å². The van der Waals surface area contributed by atoms with Crippen molar-refractivity contribution in [2.75, 3.05) is 14.2 Å². The van der Waals surface area contributed by atoms with Crippen LogP contribution in [0.5, 0.6) is 11.5 Å². The second kappa shape index (κ2) is 8.39. The number of amides is 1. The molecule has 0 unspecified atom stereocenters. The molecule has 132 valence electrons. The number of nitrogens with one attached hydrogen (secondary N) is 1. The zero-order chi connectivity index (χ0) is 18.4. The Hall–Kier alpha value is -2.73. The number of rotatable bonds is 7. The summed E-state index contributed by atoms with van der Waals surface area (Å²) in [5, 5.41) is 14.0. The van der Waals surface area contributed by atoms with Crippen LogP contribution in [0, 0.1) is 0 Å². The minimum Gasteiger partial charge on any atom is -0.550 e. The van der Waals surface area contributed by atoms with Gasteiger partial charge in [-0.3, -0.25) is 4.79 Å². The number of benzene rings is 2. The number of hydrogen-bond donors (Lipinski definition) is 1. The van der Waals surface area contributed by atoms with Crippen LogP contribution in [-0.4, -0.2) is 26.1 Å². The van der Waals surface area contributed by atoms with Crippen molar-refractivity contribution < 1.29 is 24.2 Å². The number of methoxy groups -OCH3 is 2. The number of carboxylic acids is 1. The zero-order valence-electron chi connectivity index (χ0n) is 13.7. The molecule has 0 spiro atoms. The molecule has 6 nitrogen and oxygen atoms in total. The monoisotopic (exact) mass is 362 g/mol. The van der Waals surface area contributed by atoms with Crippen molar-refractivity contribution in [3.8, 4) is 11.5 Å². The van der Waals surface area contributed by atoms with E-state index in [0.29, 0.717) is 17.1 Å². The van der Waals surface area contributed by atoms with E-state index >= 15 is 0 Å². The van der Waals surface area contributed by atoms with Crippen molar-refractivity contribution in [3.63, 3.8) is 0 Å². The molecule has 0 aliphatic rings. The van der Waals surface area contributed by atoms with Crippen LogP contribution in [0.3, 0.4) is 0 Å². The molecule has 1 atom stereocenters. The summed E-state index contributed by atoms with van der Waals surface area (Å²) in [5.41, 5.74) is 0.801. The molecule has 0 fully saturated rings. The van der Waals surface area contributed by atoms with Crippen LogP contribution in [-0.2, 0) is 4.79 Å². The van der Waals surface area contributed by atoms with Gasteiger partial charge in [0.15, 0.2) is 11.5 Å². The topological polar surface area (TPSA) is 87.7 Å². The molecule has 0 saturated heterocycles. The second-order valence-corrected chi connectivity index (χ2v) is 5.60. The van der Waals surface area contributed by atoms with Gasteiger partial charge in [0.1, 0.15) is 0 Å². The fraction of sp³-hybridized carbons (Fsp3) is 0.222. The van der Waals surface area contributed by atoms with E-state index in [1.807, 2.05) is 0 Å². The maximum absolute atomic E-state index is 12.4. The standard InChI is InChI=1S/C18H18ClNO5/c1-24-15-8-7-11(9-16(15)25-2)14(10-17(21)22)20-18(23)12-5-3-4-6-13(12)19/h3-9,14H,10H2,1-2H3,(H,20,23)(H,21,22)/p-1/t14-/m1/s1. The predicted octanol–water partition coefficient (Wildman–Crippen LogP) is 1.97. The van der Waals surface area contributed by atoms with E-state index in [0.717, 1.165) is 0 Å². The lowest BCUT2D eigenvalue weighted by molar-refractivity contribution is -0.306. The fourth-order valence-electron chi connectivity index (χ4n) is 2.37. The van der Waals surface area contributed by atoms with Crippen molar-refractivity contribution in [3.05, 3.63) is 58.6 Å². The summed E-state index contributed by atoms with van der Waals surface area (Å²) in [6.45, 7) is 0. The quantitative estimate of drug-likeness (QED) is 0.813. The van der Waals surface area contributed by atoms with Gasteiger partial charge in [-0.15, -0.1) is 0 Å². The van der Waals surface area contributed by atoms with Crippen LogP contribution in [0.4, 0.5) is 0 Å². The highest BCUT2D eigenvalue weighted by atomic mass is 35.5. The van der Waals surface area contributed by atoms with E-state index in [2.05, 4.69) is 5.32 Å². The molecule has 1 amide bonds. The van der Waals surface area contributed by atoms with Crippen LogP contribution < -0.4 is 19.9 Å². The first-order valence-corrected chi connectivity index (χ1v) is 7.81. The van der Waals surface area contributed by atoms with Crippen molar-refractivity contribution in [1.29, 1.82) is 0 Å². The van der Waals surface area contributed by atoms with Gasteiger partial charge in [0, 0.05) is 12.4 Å². The number of aliphatic carboxylic acids is 1. The molecule has 0 aliphatic carbocycles. The molecule has 0 bridgehead atoms. The Kier molecular flexibility index (Phi) is 6.25. The van der Waals surface area contributed by atoms with E-state index in [-0.39, 0.29) is 10.6 Å². The van der Waals surface area contributed by atoms with Gasteiger partial charge in [0.25, 0.3) is 5.91 Å². The summed E-state index contributed by atoms with van der Waals surface area (Å²) in [5.74, 6) is -0.850. The minimum atomic E-state index is -1.29. The highest BCUT2D eigenvalue weighted by Crippen LogP contribution is 2.31. The number of carboxylic acid groups (broad SMARTS) is 1. The fourth-order valence-corrected chi connectivity index (χ4v) is 2.59. The van der Waals surface area contributed by atoms with E-state index in [9.17, 15) is 14.7 Å². The Morgan fingerprint density at radius 2 is 1.80 bits per heavy atom. The van der Waals surface area contributed by atoms with Gasteiger partial charge in [-0.25, -0.2) is 0 Å². The van der Waals surface area contributed by atoms with E-state index in [1.165, 1.54) is 14.2 Å². The van der Waals surface area contributed by atoms with Gasteiger partial charge in [-0.1, -0.05) is 29.8 Å². The first-order valence-electron chi connectivity index (χ1n) is 7.43. The summed E-state index contributed by atoms with van der Waals surface area (Å²) >= 11 is 6.02. The number of halogens is 1. The first kappa shape index (κ1) is 18.6. The van der Waals surface area contributed by atoms with Crippen molar-refractivity contribution >= 4 is 23.5 Å². The van der Waals surface area contributed by atoms with Gasteiger partial charge in [-0.05, 0) is 29.8 Å². The average molecular weight is 363 g/mol. The third-order valence-corrected chi connectivity index (χ3v) is 3.93. The molecule has 0 aliphatic heterocycles. The van der Waals surface area contributed by atoms with Crippen LogP contribution in [0.2, 0.25) is 5.02 Å². The molecule has 0 radical (unpaired) electrons. The molecule has 2 rings (SSSR count). The molecule has 25 heavy (non-hydrogen) atoms. The Balaban J connectivity index is 2.32. The summed E-state index contributed by atoms with van der Waals surface area (Å²) < 4.78 is 10.4. The Bertz CT molecular complexity index is 778. The van der Waals surface area contributed by atoms with Gasteiger partial charge in [0.2, 0.25) is 0 Å². The number of carbonyl (C=O) groups is 2. The van der Waals surface area contributed by atoms with Gasteiger partial charge in [0.05, 0.1) is 30.8 Å². The van der Waals surface area contributed by atoms with E-state index in [4.69, 9.17) is 21.1 Å². The predicted molar refractivity (Wildman–Crippen MR) is 90.8 cm³/mol. The van der Waals surface area contributed by atoms with E-state index < -0.39 is 24.3 Å². The molecule has 2 aromatic carbocycles. The highest BCUT2D eigenvalue weighted by molar-refractivity contribution is 6.33. The summed E-state index contributed by atoms with van der Waals surface area (Å²) in [6, 6.07) is 10.6. The Morgan fingerprint density at radius 3 is 2.40 bits per heavy atom. The number of hydrogen-bond acceptors (Lipinski definition) is 5. The SMILES string of the molecule is COc1ccc([C@@H](CC(=O)[O-])NC(=O)c2ccccc2Cl)cc1OC. The summed E-state index contributed by atoms with van der Waals surface area (Å²) in [6.07, 6.45) is -0.397. The maximum atomic E-state index is 12.4. The second-order valence-electron chi connectivity index (χ2n) is 5.20. The lowest BCUT2D eigenvalue weighted by Gasteiger charge is -2.21. The molecule has 1 N–H and O–H groups in total. The summed E-state index contributed by atoms with van der Waals surface area (Å²) in [7, 11) is 2.97. The van der Waals surface area contributed by atoms with Crippen LogP contribution in [0.1, 0.15) is 28.4 Å². The van der Waals surface area contributed by atoms with Crippen LogP contribution >= 0.6 is 11.6 Å². The van der Waals surface area contributed by atoms with Gasteiger partial charge < -0.3 is 24.7 Å². The maximum Gasteiger partial charge on any atom is 0.253 e. The molecule has 2 aromatic rings. The third-order valence-electron chi connectivity index (χ3n) is 3.60. The Labute approximate surface area is 150 Å². The molecular weight excluding hydrogens is 346 g/mol. The number of carbonyl (C=O) groups excluding carboxylic acids is 2. The lowest BCUT2D eigenvalue weighted by atomic mass is 10.0. The van der Waals surface area contributed by atoms with Crippen molar-refractivity contribution in [1.82, 2.24) is 5.32 Å². The average Bonchev–Trinajstić information content (AvgIpc) is 2.60. The summed E-state index contributed by atoms with van der Waals surface area (Å²) in [4.78, 5) is 23.5. The van der Waals surface area contributed by atoms with Gasteiger partial charge >= 0.3 is 0 Å². The lowest BCUT2D eigenvalue weighted by Crippen LogP contribution is -2.34. The smallest absolute Gasteiger partial charge is 0.253 e. The van der Waals surface area contributed by atoms with Crippen LogP contribution in [0.15, 0.2) is 42.5 Å². The minimum absolute atomic E-state index is 0.257.